The molecule has 0 aliphatic heterocycles. The van der Waals surface area contributed by atoms with Crippen LogP contribution in [0.5, 0.6) is 17.2 Å². The number of fused-ring (bicyclic) bond motifs is 1. The number of anilines is 2. The van der Waals surface area contributed by atoms with E-state index in [1.54, 1.807) is 0 Å². The van der Waals surface area contributed by atoms with Crippen molar-refractivity contribution in [1.29, 1.82) is 0 Å². The maximum atomic E-state index is 13.7. The van der Waals surface area contributed by atoms with E-state index in [0.29, 0.717) is 6.07 Å². The second-order valence-electron chi connectivity index (χ2n) is 6.73. The number of hydrogen-bond donors (Lipinski definition) is 5. The molecular formula is C22H14F2N2O6. The predicted octanol–water partition coefficient (Wildman–Crippen LogP) is 4.50. The summed E-state index contributed by atoms with van der Waals surface area (Å²) in [7, 11) is 0. The average Bonchev–Trinajstić information content (AvgIpc) is 2.74. The molecule has 162 valence electrons. The molecule has 0 spiro atoms. The molecule has 1 heterocycles. The van der Waals surface area contributed by atoms with E-state index in [1.807, 2.05) is 0 Å². The highest BCUT2D eigenvalue weighted by Crippen LogP contribution is 2.35. The maximum Gasteiger partial charge on any atom is 0.323 e. The Morgan fingerprint density at radius 1 is 0.875 bits per heavy atom. The number of hydrogen-bond acceptors (Lipinski definition) is 6. The molecule has 3 aromatic carbocycles. The van der Waals surface area contributed by atoms with E-state index in [-0.39, 0.29) is 33.7 Å². The molecule has 0 atom stereocenters. The zero-order chi connectivity index (χ0) is 23.0. The third-order valence-corrected chi connectivity index (χ3v) is 4.54. The number of carbonyl (C=O) groups excluding carboxylic acids is 1. The van der Waals surface area contributed by atoms with Gasteiger partial charge in [0.15, 0.2) is 17.3 Å². The Hall–Kier alpha value is -4.60. The van der Waals surface area contributed by atoms with E-state index < -0.39 is 40.3 Å². The van der Waals surface area contributed by atoms with Crippen molar-refractivity contribution in [1.82, 2.24) is 0 Å². The van der Waals surface area contributed by atoms with Crippen molar-refractivity contribution in [3.8, 4) is 28.6 Å². The maximum absolute atomic E-state index is 13.7. The fourth-order valence-corrected chi connectivity index (χ4v) is 3.00. The lowest BCUT2D eigenvalue weighted by molar-refractivity contribution is 0.262. The van der Waals surface area contributed by atoms with Crippen molar-refractivity contribution in [3.63, 3.8) is 0 Å². The Bertz CT molecular complexity index is 1430. The van der Waals surface area contributed by atoms with Gasteiger partial charge in [-0.1, -0.05) is 0 Å². The first-order chi connectivity index (χ1) is 15.2. The topological polar surface area (TPSA) is 132 Å². The lowest BCUT2D eigenvalue weighted by atomic mass is 10.1. The summed E-state index contributed by atoms with van der Waals surface area (Å²) in [6.07, 6.45) is 0. The van der Waals surface area contributed by atoms with Gasteiger partial charge in [0.05, 0.1) is 11.1 Å². The standard InChI is InChI=1S/C22H14F2N2O6/c23-11-2-5-15(14(24)8-11)26-22(31)25-12-3-4-13-18(9-12)32-21(20(30)19(13)29)10-1-6-16(27)17(28)7-10/h1-9,27-28,30H,(H2,25,26,31). The summed E-state index contributed by atoms with van der Waals surface area (Å²) in [5, 5.41) is 34.0. The molecule has 5 N–H and O–H groups in total. The number of phenolic OH excluding ortho intramolecular Hbond substituents is 2. The molecule has 4 aromatic rings. The zero-order valence-corrected chi connectivity index (χ0v) is 16.0. The molecule has 0 aliphatic carbocycles. The van der Waals surface area contributed by atoms with Gasteiger partial charge in [0, 0.05) is 23.4 Å². The highest BCUT2D eigenvalue weighted by atomic mass is 19.1. The number of urea groups is 1. The Labute approximate surface area is 178 Å². The van der Waals surface area contributed by atoms with Gasteiger partial charge in [0.1, 0.15) is 17.2 Å². The van der Waals surface area contributed by atoms with Crippen LogP contribution in [0, 0.1) is 11.6 Å². The van der Waals surface area contributed by atoms with Gasteiger partial charge in [0.2, 0.25) is 11.2 Å². The Morgan fingerprint density at radius 2 is 1.66 bits per heavy atom. The summed E-state index contributed by atoms with van der Waals surface area (Å²) in [5.74, 6) is -3.59. The van der Waals surface area contributed by atoms with Crippen LogP contribution in [0.2, 0.25) is 0 Å². The van der Waals surface area contributed by atoms with Gasteiger partial charge >= 0.3 is 6.03 Å². The molecule has 0 saturated carbocycles. The number of rotatable bonds is 3. The monoisotopic (exact) mass is 440 g/mol. The van der Waals surface area contributed by atoms with Crippen LogP contribution >= 0.6 is 0 Å². The molecule has 32 heavy (non-hydrogen) atoms. The minimum absolute atomic E-state index is 0.00104. The van der Waals surface area contributed by atoms with Crippen LogP contribution in [0.1, 0.15) is 0 Å². The molecule has 2 amide bonds. The third kappa shape index (κ3) is 3.88. The van der Waals surface area contributed by atoms with Crippen molar-refractivity contribution in [3.05, 3.63) is 76.5 Å². The first-order valence-corrected chi connectivity index (χ1v) is 9.08. The van der Waals surface area contributed by atoms with E-state index in [9.17, 15) is 33.7 Å². The number of carbonyl (C=O) groups is 1. The molecule has 0 bridgehead atoms. The van der Waals surface area contributed by atoms with Gasteiger partial charge in [-0.15, -0.1) is 0 Å². The number of phenols is 2. The van der Waals surface area contributed by atoms with E-state index in [4.69, 9.17) is 4.42 Å². The summed E-state index contributed by atoms with van der Waals surface area (Å²) in [4.78, 5) is 24.7. The van der Waals surface area contributed by atoms with Crippen LogP contribution in [0.3, 0.4) is 0 Å². The van der Waals surface area contributed by atoms with E-state index in [1.165, 1.54) is 24.3 Å². The summed E-state index contributed by atoms with van der Waals surface area (Å²) in [6.45, 7) is 0. The number of benzene rings is 3. The number of nitrogens with one attached hydrogen (secondary N) is 2. The van der Waals surface area contributed by atoms with Gasteiger partial charge in [-0.3, -0.25) is 4.79 Å². The minimum Gasteiger partial charge on any atom is -0.504 e. The molecule has 4 rings (SSSR count). The largest absolute Gasteiger partial charge is 0.504 e. The summed E-state index contributed by atoms with van der Waals surface area (Å²) in [5.41, 5.74) is -0.694. The van der Waals surface area contributed by atoms with Crippen molar-refractivity contribution < 1.29 is 33.3 Å². The second-order valence-corrected chi connectivity index (χ2v) is 6.73. The van der Waals surface area contributed by atoms with E-state index in [2.05, 4.69) is 10.6 Å². The van der Waals surface area contributed by atoms with Crippen LogP contribution < -0.4 is 16.1 Å². The highest BCUT2D eigenvalue weighted by Gasteiger charge is 2.17. The Morgan fingerprint density at radius 3 is 2.38 bits per heavy atom. The SMILES string of the molecule is O=C(Nc1ccc2c(=O)c(O)c(-c3ccc(O)c(O)c3)oc2c1)Nc1ccc(F)cc1F. The molecule has 0 saturated heterocycles. The fourth-order valence-electron chi connectivity index (χ4n) is 3.00. The molecule has 0 radical (unpaired) electrons. The normalized spacial score (nSPS) is 10.8. The number of aromatic hydroxyl groups is 3. The van der Waals surface area contributed by atoms with Gasteiger partial charge in [-0.2, -0.15) is 0 Å². The predicted molar refractivity (Wildman–Crippen MR) is 112 cm³/mol. The van der Waals surface area contributed by atoms with Crippen molar-refractivity contribution in [2.24, 2.45) is 0 Å². The zero-order valence-electron chi connectivity index (χ0n) is 16.0. The van der Waals surface area contributed by atoms with Crippen molar-refractivity contribution >= 4 is 28.4 Å². The molecule has 0 fully saturated rings. The highest BCUT2D eigenvalue weighted by molar-refractivity contribution is 6.01. The van der Waals surface area contributed by atoms with E-state index in [0.717, 1.165) is 24.3 Å². The van der Waals surface area contributed by atoms with Crippen LogP contribution in [0.25, 0.3) is 22.3 Å². The average molecular weight is 440 g/mol. The first-order valence-electron chi connectivity index (χ1n) is 9.08. The Balaban J connectivity index is 1.67. The molecule has 10 heteroatoms. The molecule has 8 nitrogen and oxygen atoms in total. The first kappa shape index (κ1) is 20.7. The summed E-state index contributed by atoms with van der Waals surface area (Å²) >= 11 is 0. The van der Waals surface area contributed by atoms with Gasteiger partial charge in [0.25, 0.3) is 0 Å². The van der Waals surface area contributed by atoms with Crippen LogP contribution in [0.15, 0.2) is 63.8 Å². The van der Waals surface area contributed by atoms with Gasteiger partial charge in [-0.25, -0.2) is 13.6 Å². The van der Waals surface area contributed by atoms with Gasteiger partial charge < -0.3 is 30.4 Å². The fraction of sp³-hybridized carbons (Fsp3) is 0. The van der Waals surface area contributed by atoms with Crippen molar-refractivity contribution in [2.75, 3.05) is 10.6 Å². The van der Waals surface area contributed by atoms with E-state index >= 15 is 0 Å². The number of amides is 2. The van der Waals surface area contributed by atoms with Gasteiger partial charge in [-0.05, 0) is 42.5 Å². The second kappa shape index (κ2) is 7.91. The Kier molecular flexibility index (Phi) is 5.11. The van der Waals surface area contributed by atoms with Crippen molar-refractivity contribution in [2.45, 2.75) is 0 Å². The van der Waals surface area contributed by atoms with Crippen LogP contribution in [-0.2, 0) is 0 Å². The molecule has 1 aromatic heterocycles. The van der Waals surface area contributed by atoms with Crippen LogP contribution in [0.4, 0.5) is 25.0 Å². The third-order valence-electron chi connectivity index (χ3n) is 4.54. The lowest BCUT2D eigenvalue weighted by Crippen LogP contribution is -2.20. The quantitative estimate of drug-likeness (QED) is 0.298. The van der Waals surface area contributed by atoms with Crippen LogP contribution in [-0.4, -0.2) is 21.4 Å². The minimum atomic E-state index is -0.957. The summed E-state index contributed by atoms with van der Waals surface area (Å²) < 4.78 is 32.3. The smallest absolute Gasteiger partial charge is 0.323 e. The molecular weight excluding hydrogens is 426 g/mol. The lowest BCUT2D eigenvalue weighted by Gasteiger charge is -2.10. The molecule has 0 aliphatic rings. The summed E-state index contributed by atoms with van der Waals surface area (Å²) in [6, 6.07) is 9.40. The number of halogens is 2. The molecule has 0 unspecified atom stereocenters.